The summed E-state index contributed by atoms with van der Waals surface area (Å²) in [6, 6.07) is 13.9. The van der Waals surface area contributed by atoms with Crippen LogP contribution in [0.2, 0.25) is 10.0 Å². The fourth-order valence-corrected chi connectivity index (χ4v) is 5.42. The van der Waals surface area contributed by atoms with Crippen molar-refractivity contribution in [2.45, 2.75) is 33.4 Å². The zero-order chi connectivity index (χ0) is 26.9. The van der Waals surface area contributed by atoms with Crippen LogP contribution in [0.15, 0.2) is 53.4 Å². The zero-order valence-corrected chi connectivity index (χ0v) is 22.9. The molecule has 4 rings (SSSR count). The van der Waals surface area contributed by atoms with Gasteiger partial charge >= 0.3 is 5.97 Å². The van der Waals surface area contributed by atoms with Gasteiger partial charge in [0, 0.05) is 32.7 Å². The van der Waals surface area contributed by atoms with Gasteiger partial charge in [0.1, 0.15) is 18.4 Å². The number of amides is 2. The lowest BCUT2D eigenvalue weighted by molar-refractivity contribution is -0.148. The standard InChI is InChI=1S/C27H24Cl2N2O5S/c1-15-11-19(12-24-25(32)31(27(34)37-24)17(3)26(33)35-4)16(2)30(15)21-7-9-22(10-8-21)36-14-18-5-6-20(28)13-23(18)29/h5-13,17H,14H2,1-4H3/b24-12+/t17-/m0/s1. The number of hydrogen-bond acceptors (Lipinski definition) is 6. The van der Waals surface area contributed by atoms with Crippen molar-refractivity contribution in [1.82, 2.24) is 9.47 Å². The molecule has 0 radical (unpaired) electrons. The van der Waals surface area contributed by atoms with Gasteiger partial charge in [-0.25, -0.2) is 4.79 Å². The lowest BCUT2D eigenvalue weighted by Gasteiger charge is -2.18. The van der Waals surface area contributed by atoms with Crippen molar-refractivity contribution in [3.63, 3.8) is 0 Å². The van der Waals surface area contributed by atoms with Crippen LogP contribution in [0.4, 0.5) is 4.79 Å². The molecular formula is C27H24Cl2N2O5S. The summed E-state index contributed by atoms with van der Waals surface area (Å²) in [4.78, 5) is 38.3. The molecule has 7 nitrogen and oxygen atoms in total. The van der Waals surface area contributed by atoms with E-state index in [0.29, 0.717) is 22.4 Å². The summed E-state index contributed by atoms with van der Waals surface area (Å²) in [6.45, 7) is 5.68. The third kappa shape index (κ3) is 5.56. The highest BCUT2D eigenvalue weighted by molar-refractivity contribution is 8.18. The Morgan fingerprint density at radius 1 is 1.08 bits per heavy atom. The number of rotatable bonds is 7. The van der Waals surface area contributed by atoms with E-state index in [0.717, 1.165) is 44.9 Å². The number of halogens is 2. The van der Waals surface area contributed by atoms with E-state index in [9.17, 15) is 14.4 Å². The van der Waals surface area contributed by atoms with Gasteiger partial charge in [-0.3, -0.25) is 14.5 Å². The molecule has 0 aliphatic carbocycles. The second-order valence-corrected chi connectivity index (χ2v) is 10.3. The molecule has 1 saturated heterocycles. The number of carbonyl (C=O) groups is 3. The Bertz CT molecular complexity index is 1410. The highest BCUT2D eigenvalue weighted by Gasteiger charge is 2.41. The molecule has 192 valence electrons. The lowest BCUT2D eigenvalue weighted by atomic mass is 10.2. The molecule has 0 N–H and O–H groups in total. The Kier molecular flexibility index (Phi) is 8.02. The highest BCUT2D eigenvalue weighted by atomic mass is 35.5. The molecule has 0 unspecified atom stereocenters. The predicted octanol–water partition coefficient (Wildman–Crippen LogP) is 6.58. The number of thioether (sulfide) groups is 1. The summed E-state index contributed by atoms with van der Waals surface area (Å²) in [5.41, 5.74) is 4.40. The van der Waals surface area contributed by atoms with Gasteiger partial charge in [-0.05, 0) is 86.6 Å². The minimum absolute atomic E-state index is 0.255. The number of nitrogens with zero attached hydrogens (tertiary/aromatic N) is 2. The summed E-state index contributed by atoms with van der Waals surface area (Å²) in [7, 11) is 1.22. The molecule has 2 amide bonds. The summed E-state index contributed by atoms with van der Waals surface area (Å²) in [5, 5.41) is 0.618. The van der Waals surface area contributed by atoms with E-state index < -0.39 is 23.2 Å². The minimum Gasteiger partial charge on any atom is -0.489 e. The molecular weight excluding hydrogens is 535 g/mol. The topological polar surface area (TPSA) is 77.8 Å². The van der Waals surface area contributed by atoms with E-state index in [-0.39, 0.29) is 4.91 Å². The first-order valence-electron chi connectivity index (χ1n) is 11.3. The van der Waals surface area contributed by atoms with Crippen molar-refractivity contribution in [1.29, 1.82) is 0 Å². The molecule has 1 aromatic heterocycles. The van der Waals surface area contributed by atoms with Crippen LogP contribution in [0.5, 0.6) is 5.75 Å². The quantitative estimate of drug-likeness (QED) is 0.241. The van der Waals surface area contributed by atoms with Crippen LogP contribution in [0.3, 0.4) is 0 Å². The second-order valence-electron chi connectivity index (χ2n) is 8.43. The van der Waals surface area contributed by atoms with Gasteiger partial charge in [0.15, 0.2) is 0 Å². The Morgan fingerprint density at radius 2 is 1.78 bits per heavy atom. The Morgan fingerprint density at radius 3 is 2.43 bits per heavy atom. The summed E-state index contributed by atoms with van der Waals surface area (Å²) < 4.78 is 12.6. The maximum Gasteiger partial charge on any atom is 0.328 e. The van der Waals surface area contributed by atoms with Crippen molar-refractivity contribution in [3.8, 4) is 11.4 Å². The van der Waals surface area contributed by atoms with E-state index in [1.165, 1.54) is 14.0 Å². The Labute approximate surface area is 228 Å². The molecule has 1 fully saturated rings. The Hall–Kier alpha value is -3.20. The Balaban J connectivity index is 1.52. The number of ether oxygens (including phenoxy) is 2. The molecule has 3 aromatic rings. The summed E-state index contributed by atoms with van der Waals surface area (Å²) >= 11 is 13.0. The molecule has 37 heavy (non-hydrogen) atoms. The third-order valence-electron chi connectivity index (χ3n) is 6.01. The van der Waals surface area contributed by atoms with Crippen LogP contribution in [-0.4, -0.2) is 39.7 Å². The van der Waals surface area contributed by atoms with Gasteiger partial charge in [-0.15, -0.1) is 0 Å². The van der Waals surface area contributed by atoms with Gasteiger partial charge < -0.3 is 14.0 Å². The van der Waals surface area contributed by atoms with Crippen LogP contribution in [0.25, 0.3) is 11.8 Å². The average Bonchev–Trinajstić information content (AvgIpc) is 3.31. The van der Waals surface area contributed by atoms with Crippen LogP contribution in [0.1, 0.15) is 29.4 Å². The first-order chi connectivity index (χ1) is 17.6. The maximum atomic E-state index is 12.9. The SMILES string of the molecule is COC(=O)[C@H](C)N1C(=O)S/C(=C/c2cc(C)n(-c3ccc(OCc4ccc(Cl)cc4Cl)cc3)c2C)C1=O. The van der Waals surface area contributed by atoms with Gasteiger partial charge in [0.05, 0.1) is 12.0 Å². The number of esters is 1. The third-order valence-corrected chi connectivity index (χ3v) is 7.49. The normalized spacial score (nSPS) is 15.4. The van der Waals surface area contributed by atoms with Crippen LogP contribution in [-0.2, 0) is 20.9 Å². The molecule has 2 aromatic carbocycles. The van der Waals surface area contributed by atoms with E-state index in [2.05, 4.69) is 4.74 Å². The molecule has 1 aliphatic rings. The minimum atomic E-state index is -0.993. The molecule has 1 aliphatic heterocycles. The molecule has 2 heterocycles. The average molecular weight is 559 g/mol. The van der Waals surface area contributed by atoms with E-state index in [1.54, 1.807) is 18.2 Å². The molecule has 0 spiro atoms. The van der Waals surface area contributed by atoms with Crippen molar-refractivity contribution < 1.29 is 23.9 Å². The zero-order valence-electron chi connectivity index (χ0n) is 20.6. The second kappa shape index (κ2) is 11.0. The smallest absolute Gasteiger partial charge is 0.328 e. The van der Waals surface area contributed by atoms with E-state index in [1.807, 2.05) is 54.8 Å². The molecule has 10 heteroatoms. The van der Waals surface area contributed by atoms with Crippen LogP contribution in [0, 0.1) is 13.8 Å². The molecule has 1 atom stereocenters. The predicted molar refractivity (Wildman–Crippen MR) is 145 cm³/mol. The van der Waals surface area contributed by atoms with Crippen molar-refractivity contribution in [2.75, 3.05) is 7.11 Å². The van der Waals surface area contributed by atoms with E-state index in [4.69, 9.17) is 27.9 Å². The van der Waals surface area contributed by atoms with Crippen molar-refractivity contribution in [3.05, 3.63) is 86.0 Å². The largest absolute Gasteiger partial charge is 0.489 e. The first-order valence-corrected chi connectivity index (χ1v) is 12.9. The number of aromatic nitrogens is 1. The van der Waals surface area contributed by atoms with Gasteiger partial charge in [-0.2, -0.15) is 0 Å². The monoisotopic (exact) mass is 558 g/mol. The first kappa shape index (κ1) is 26.9. The number of imide groups is 1. The highest BCUT2D eigenvalue weighted by Crippen LogP contribution is 2.35. The fraction of sp³-hybridized carbons (Fsp3) is 0.222. The fourth-order valence-electron chi connectivity index (χ4n) is 4.05. The number of hydrogen-bond donors (Lipinski definition) is 0. The van der Waals surface area contributed by atoms with Gasteiger partial charge in [0.25, 0.3) is 11.1 Å². The number of methoxy groups -OCH3 is 1. The van der Waals surface area contributed by atoms with Gasteiger partial charge in [-0.1, -0.05) is 29.3 Å². The number of aryl methyl sites for hydroxylation is 1. The summed E-state index contributed by atoms with van der Waals surface area (Å²) in [5.74, 6) is -0.476. The van der Waals surface area contributed by atoms with Crippen molar-refractivity contribution in [2.24, 2.45) is 0 Å². The molecule has 0 saturated carbocycles. The summed E-state index contributed by atoms with van der Waals surface area (Å²) in [6.07, 6.45) is 1.68. The van der Waals surface area contributed by atoms with Gasteiger partial charge in [0.2, 0.25) is 0 Å². The van der Waals surface area contributed by atoms with Crippen LogP contribution >= 0.6 is 35.0 Å². The number of carbonyl (C=O) groups excluding carboxylic acids is 3. The van der Waals surface area contributed by atoms with E-state index >= 15 is 0 Å². The number of benzene rings is 2. The molecule has 0 bridgehead atoms. The maximum absolute atomic E-state index is 12.9. The van der Waals surface area contributed by atoms with Crippen molar-refractivity contribution >= 4 is 58.2 Å². The lowest BCUT2D eigenvalue weighted by Crippen LogP contribution is -2.42. The van der Waals surface area contributed by atoms with Crippen LogP contribution < -0.4 is 4.74 Å².